The molecule has 3 rings (SSSR count). The molecule has 3 nitrogen and oxygen atoms in total. The predicted octanol–water partition coefficient (Wildman–Crippen LogP) is 4.61. The van der Waals surface area contributed by atoms with Crippen LogP contribution in [0.4, 0.5) is 79.0 Å². The molecule has 0 fully saturated rings. The van der Waals surface area contributed by atoms with Crippen molar-refractivity contribution in [3.05, 3.63) is 87.3 Å². The zero-order valence-corrected chi connectivity index (χ0v) is 21.5. The van der Waals surface area contributed by atoms with Crippen LogP contribution < -0.4 is 10.8 Å². The van der Waals surface area contributed by atoms with Gasteiger partial charge in [0.15, 0.2) is 0 Å². The fourth-order valence-electron chi connectivity index (χ4n) is 3.09. The third-order valence-corrected chi connectivity index (χ3v) is 17.1. The molecule has 0 saturated carbocycles. The van der Waals surface area contributed by atoms with Crippen molar-refractivity contribution in [2.75, 3.05) is 0 Å². The topological polar surface area (TPSA) is 43.4 Å². The van der Waals surface area contributed by atoms with E-state index >= 15 is 0 Å². The molecule has 3 aromatic carbocycles. The molecule has 0 amide bonds. The van der Waals surface area contributed by atoms with E-state index in [9.17, 15) is 87.4 Å². The maximum absolute atomic E-state index is 15.0. The Bertz CT molecular complexity index is 1520. The monoisotopic (exact) mass is 780 g/mol. The Morgan fingerprint density at radius 3 is 0.714 bits per heavy atom. The summed E-state index contributed by atoms with van der Waals surface area (Å²) in [6, 6.07) is 0. The van der Waals surface area contributed by atoms with Crippen LogP contribution in [0.2, 0.25) is 0 Å². The minimum absolute atomic E-state index is 3.31. The van der Waals surface area contributed by atoms with Gasteiger partial charge in [-0.2, -0.15) is 0 Å². The van der Waals surface area contributed by atoms with Gasteiger partial charge in [-0.15, -0.1) is 0 Å². The van der Waals surface area contributed by atoms with Crippen molar-refractivity contribution < 1.29 is 90.0 Å². The molecule has 0 aliphatic carbocycles. The van der Waals surface area contributed by atoms with E-state index < -0.39 is 132 Å². The number of hydrogen-bond donors (Lipinski definition) is 0. The van der Waals surface area contributed by atoms with E-state index in [1.54, 1.807) is 0 Å². The molecule has 0 unspecified atom stereocenters. The normalized spacial score (nSPS) is 13.2. The van der Waals surface area contributed by atoms with Crippen molar-refractivity contribution in [1.82, 2.24) is 0 Å². The summed E-state index contributed by atoms with van der Waals surface area (Å²) in [5, 5.41) is 0. The van der Waals surface area contributed by atoms with Crippen LogP contribution in [0.15, 0.2) is 0 Å². The quantitative estimate of drug-likeness (QED) is 0.125. The first-order chi connectivity index (χ1) is 19.0. The molecule has 0 spiro atoms. The van der Waals surface area contributed by atoms with Crippen molar-refractivity contribution in [2.24, 2.45) is 0 Å². The molecule has 0 aliphatic heterocycles. The van der Waals surface area contributed by atoms with Crippen LogP contribution in [-0.4, -0.2) is 32.5 Å². The van der Waals surface area contributed by atoms with Gasteiger partial charge >= 0.3 is 222 Å². The van der Waals surface area contributed by atoms with E-state index in [4.69, 9.17) is 0 Å². The second-order valence-electron chi connectivity index (χ2n) is 7.22. The molecule has 0 heterocycles. The Morgan fingerprint density at radius 1 is 0.381 bits per heavy atom. The summed E-state index contributed by atoms with van der Waals surface area (Å²) in [5.74, 6) is -53.4. The third kappa shape index (κ3) is 4.64. The third-order valence-electron chi connectivity index (χ3n) is 4.85. The molecule has 3 aromatic rings. The Hall–Kier alpha value is -2.90. The van der Waals surface area contributed by atoms with Crippen molar-refractivity contribution in [3.8, 4) is 0 Å². The molecule has 0 aromatic heterocycles. The summed E-state index contributed by atoms with van der Waals surface area (Å²) in [5.41, 5.74) is -7.11. The van der Waals surface area contributed by atoms with E-state index in [2.05, 4.69) is 2.55 Å². The van der Waals surface area contributed by atoms with E-state index in [-0.39, 0.29) is 0 Å². The molecule has 42 heavy (non-hydrogen) atoms. The van der Waals surface area contributed by atoms with Crippen LogP contribution in [0.25, 0.3) is 0 Å². The summed E-state index contributed by atoms with van der Waals surface area (Å²) in [4.78, 5) is 0. The Balaban J connectivity index is 2.99. The summed E-state index contributed by atoms with van der Waals surface area (Å²) >= 11 is -9.57. The van der Waals surface area contributed by atoms with Crippen LogP contribution >= 0.6 is 0 Å². The van der Waals surface area contributed by atoms with E-state index in [0.717, 1.165) is 0 Å². The van der Waals surface area contributed by atoms with Crippen molar-refractivity contribution >= 4 is 39.5 Å². The first kappa shape index (κ1) is 33.6. The second kappa shape index (κ2) is 10.7. The molecule has 232 valence electrons. The fraction of sp³-hybridized carbons (Fsp3) is 0.0526. The standard InChI is InChI=1S/C19F18O3STe/c20-1-4(23)10(29)16(11(30)5(1)24)42(40-41(38,39)19(35,36)37,17-12(31)6(25)2(21)7(26)13(17)32)18-14(33)8(27)3(22)9(28)15(18)34. The van der Waals surface area contributed by atoms with Gasteiger partial charge in [-0.1, -0.05) is 0 Å². The van der Waals surface area contributed by atoms with Crippen LogP contribution in [0, 0.1) is 87.3 Å². The van der Waals surface area contributed by atoms with Gasteiger partial charge in [-0.3, -0.25) is 0 Å². The number of benzene rings is 3. The van der Waals surface area contributed by atoms with Crippen molar-refractivity contribution in [2.45, 2.75) is 5.51 Å². The van der Waals surface area contributed by atoms with Crippen LogP contribution in [0.5, 0.6) is 0 Å². The van der Waals surface area contributed by atoms with Crippen molar-refractivity contribution in [1.29, 1.82) is 0 Å². The first-order valence-electron chi connectivity index (χ1n) is 9.38. The van der Waals surface area contributed by atoms with Gasteiger partial charge in [0.2, 0.25) is 0 Å². The van der Waals surface area contributed by atoms with E-state index in [1.807, 2.05) is 0 Å². The van der Waals surface area contributed by atoms with Crippen molar-refractivity contribution in [3.63, 3.8) is 0 Å². The molecule has 0 saturated heterocycles. The minimum atomic E-state index is -9.57. The van der Waals surface area contributed by atoms with Gasteiger partial charge in [0.1, 0.15) is 0 Å². The predicted molar refractivity (Wildman–Crippen MR) is 99.4 cm³/mol. The molecule has 0 radical (unpaired) electrons. The van der Waals surface area contributed by atoms with Gasteiger partial charge in [0, 0.05) is 0 Å². The average Bonchev–Trinajstić information content (AvgIpc) is 2.90. The van der Waals surface area contributed by atoms with Crippen LogP contribution in [0.3, 0.4) is 0 Å². The Kier molecular flexibility index (Phi) is 8.54. The zero-order valence-electron chi connectivity index (χ0n) is 18.3. The van der Waals surface area contributed by atoms with Crippen LogP contribution in [-0.2, 0) is 12.7 Å². The fourth-order valence-corrected chi connectivity index (χ4v) is 16.0. The van der Waals surface area contributed by atoms with Crippen LogP contribution in [0.1, 0.15) is 0 Å². The summed E-state index contributed by atoms with van der Waals surface area (Å²) in [6.07, 6.45) is 0. The number of rotatable bonds is 5. The maximum atomic E-state index is 15.0. The Morgan fingerprint density at radius 2 is 0.548 bits per heavy atom. The molecular formula is C19F18O3STe. The number of hydrogen-bond acceptors (Lipinski definition) is 3. The second-order valence-corrected chi connectivity index (χ2v) is 16.6. The molecule has 23 heteroatoms. The van der Waals surface area contributed by atoms with Gasteiger partial charge in [-0.25, -0.2) is 0 Å². The average molecular weight is 778 g/mol. The van der Waals surface area contributed by atoms with Gasteiger partial charge in [0.05, 0.1) is 0 Å². The summed E-state index contributed by atoms with van der Waals surface area (Å²) in [6.45, 7) is 0. The van der Waals surface area contributed by atoms with E-state index in [0.29, 0.717) is 0 Å². The molecule has 0 atom stereocenters. The van der Waals surface area contributed by atoms with Gasteiger partial charge in [0.25, 0.3) is 0 Å². The molecular weight excluding hydrogens is 778 g/mol. The molecule has 0 bridgehead atoms. The first-order valence-corrected chi connectivity index (χ1v) is 15.2. The number of alkyl halides is 3. The summed E-state index contributed by atoms with van der Waals surface area (Å²) in [7, 11) is -8.04. The Labute approximate surface area is 222 Å². The molecule has 0 N–H and O–H groups in total. The number of halogens is 18. The summed E-state index contributed by atoms with van der Waals surface area (Å²) < 4.78 is 272. The SMILES string of the molecule is O=S(=O)(O[Te](c1c(F)c(F)c(F)c(F)c1F)(c1c(F)c(F)c(F)c(F)c1F)c1c(F)c(F)c(F)c(F)c1F)C(F)(F)F. The van der Waals surface area contributed by atoms with Gasteiger partial charge in [-0.05, 0) is 0 Å². The van der Waals surface area contributed by atoms with Gasteiger partial charge < -0.3 is 0 Å². The van der Waals surface area contributed by atoms with E-state index in [1.165, 1.54) is 0 Å². The zero-order chi connectivity index (χ0) is 32.6. The molecule has 0 aliphatic rings.